The Labute approximate surface area is 133 Å². The van der Waals surface area contributed by atoms with Crippen molar-refractivity contribution in [2.75, 3.05) is 33.5 Å². The molecule has 0 bridgehead atoms. The van der Waals surface area contributed by atoms with Crippen LogP contribution < -0.4 is 0 Å². The van der Waals surface area contributed by atoms with E-state index < -0.39 is 0 Å². The van der Waals surface area contributed by atoms with E-state index in [1.165, 1.54) is 5.56 Å². The zero-order valence-electron chi connectivity index (χ0n) is 13.9. The molecule has 2 atom stereocenters. The summed E-state index contributed by atoms with van der Waals surface area (Å²) in [5, 5.41) is 0. The molecule has 0 aliphatic rings. The van der Waals surface area contributed by atoms with Crippen molar-refractivity contribution in [2.45, 2.75) is 32.6 Å². The highest BCUT2D eigenvalue weighted by Crippen LogP contribution is 2.27. The maximum absolute atomic E-state index is 12.0. The maximum atomic E-state index is 12.0. The van der Waals surface area contributed by atoms with Crippen molar-refractivity contribution in [1.29, 1.82) is 0 Å². The molecule has 0 fully saturated rings. The summed E-state index contributed by atoms with van der Waals surface area (Å²) in [5.41, 5.74) is 1.28. The van der Waals surface area contributed by atoms with Gasteiger partial charge in [-0.1, -0.05) is 44.2 Å². The van der Waals surface area contributed by atoms with Crippen molar-refractivity contribution in [3.05, 3.63) is 35.9 Å². The van der Waals surface area contributed by atoms with Crippen LogP contribution in [0.1, 0.15) is 38.2 Å². The number of hydrogen-bond acceptors (Lipinski definition) is 4. The molecule has 22 heavy (non-hydrogen) atoms. The highest BCUT2D eigenvalue weighted by Gasteiger charge is 2.20. The molecule has 0 aromatic heterocycles. The lowest BCUT2D eigenvalue weighted by molar-refractivity contribution is -0.150. The Kier molecular flexibility index (Phi) is 9.51. The van der Waals surface area contributed by atoms with E-state index in [0.29, 0.717) is 32.3 Å². The van der Waals surface area contributed by atoms with Gasteiger partial charge in [0.1, 0.15) is 6.61 Å². The largest absolute Gasteiger partial charge is 0.463 e. The normalized spacial score (nSPS) is 13.6. The number of hydrogen-bond donors (Lipinski definition) is 0. The summed E-state index contributed by atoms with van der Waals surface area (Å²) in [5.74, 6) is 0.135. The summed E-state index contributed by atoms with van der Waals surface area (Å²) >= 11 is 0. The second-order valence-corrected chi connectivity index (χ2v) is 5.43. The van der Waals surface area contributed by atoms with Crippen molar-refractivity contribution >= 4 is 5.97 Å². The van der Waals surface area contributed by atoms with Gasteiger partial charge in [0, 0.05) is 7.11 Å². The molecule has 1 rings (SSSR count). The average molecular weight is 308 g/mol. The highest BCUT2D eigenvalue weighted by atomic mass is 16.6. The van der Waals surface area contributed by atoms with Gasteiger partial charge in [-0.2, -0.15) is 0 Å². The topological polar surface area (TPSA) is 44.8 Å². The van der Waals surface area contributed by atoms with Gasteiger partial charge in [-0.05, 0) is 24.3 Å². The molecule has 0 aliphatic heterocycles. The molecule has 124 valence electrons. The lowest BCUT2D eigenvalue weighted by atomic mass is 9.88. The third-order valence-electron chi connectivity index (χ3n) is 3.71. The van der Waals surface area contributed by atoms with Gasteiger partial charge in [0.05, 0.1) is 25.7 Å². The maximum Gasteiger partial charge on any atom is 0.308 e. The van der Waals surface area contributed by atoms with Crippen LogP contribution in [0.25, 0.3) is 0 Å². The molecule has 0 spiro atoms. The van der Waals surface area contributed by atoms with E-state index in [-0.39, 0.29) is 11.9 Å². The van der Waals surface area contributed by atoms with Crippen molar-refractivity contribution in [3.8, 4) is 0 Å². The van der Waals surface area contributed by atoms with E-state index in [1.807, 2.05) is 25.1 Å². The molecule has 4 heteroatoms. The Hall–Kier alpha value is -1.39. The van der Waals surface area contributed by atoms with Crippen LogP contribution in [0, 0.1) is 5.92 Å². The molecule has 0 N–H and O–H groups in total. The third-order valence-corrected chi connectivity index (χ3v) is 3.71. The van der Waals surface area contributed by atoms with Crippen molar-refractivity contribution in [3.63, 3.8) is 0 Å². The molecule has 0 radical (unpaired) electrons. The number of rotatable bonds is 11. The second-order valence-electron chi connectivity index (χ2n) is 5.43. The summed E-state index contributed by atoms with van der Waals surface area (Å²) in [6, 6.07) is 10.3. The predicted octanol–water partition coefficient (Wildman–Crippen LogP) is 3.41. The fourth-order valence-electron chi connectivity index (χ4n) is 2.37. The molecule has 4 nitrogen and oxygen atoms in total. The highest BCUT2D eigenvalue weighted by molar-refractivity contribution is 5.72. The average Bonchev–Trinajstić information content (AvgIpc) is 2.56. The molecule has 1 aromatic carbocycles. The van der Waals surface area contributed by atoms with E-state index in [9.17, 15) is 4.79 Å². The van der Waals surface area contributed by atoms with Gasteiger partial charge < -0.3 is 14.2 Å². The van der Waals surface area contributed by atoms with Gasteiger partial charge in [-0.3, -0.25) is 4.79 Å². The first-order valence-corrected chi connectivity index (χ1v) is 7.97. The number of carbonyl (C=O) groups is 1. The zero-order valence-corrected chi connectivity index (χ0v) is 13.9. The van der Waals surface area contributed by atoms with Gasteiger partial charge in [0.15, 0.2) is 0 Å². The number of esters is 1. The third kappa shape index (κ3) is 7.05. The van der Waals surface area contributed by atoms with Crippen LogP contribution >= 0.6 is 0 Å². The lowest BCUT2D eigenvalue weighted by Gasteiger charge is -2.19. The van der Waals surface area contributed by atoms with E-state index in [4.69, 9.17) is 14.2 Å². The molecule has 2 unspecified atom stereocenters. The van der Waals surface area contributed by atoms with Gasteiger partial charge in [0.25, 0.3) is 0 Å². The number of ether oxygens (including phenoxy) is 3. The molecular weight excluding hydrogens is 280 g/mol. The van der Waals surface area contributed by atoms with E-state index in [1.54, 1.807) is 7.11 Å². The predicted molar refractivity (Wildman–Crippen MR) is 86.9 cm³/mol. The van der Waals surface area contributed by atoms with Crippen LogP contribution in [-0.2, 0) is 19.0 Å². The van der Waals surface area contributed by atoms with Gasteiger partial charge >= 0.3 is 5.97 Å². The van der Waals surface area contributed by atoms with Crippen LogP contribution in [0.3, 0.4) is 0 Å². The fourth-order valence-corrected chi connectivity index (χ4v) is 2.37. The van der Waals surface area contributed by atoms with E-state index in [2.05, 4.69) is 19.1 Å². The minimum absolute atomic E-state index is 0.107. The Bertz CT molecular complexity index is 405. The summed E-state index contributed by atoms with van der Waals surface area (Å²) in [4.78, 5) is 12.0. The van der Waals surface area contributed by atoms with Crippen LogP contribution in [0.2, 0.25) is 0 Å². The zero-order chi connectivity index (χ0) is 16.2. The lowest BCUT2D eigenvalue weighted by Crippen LogP contribution is -2.20. The first-order chi connectivity index (χ1) is 10.7. The molecule has 0 aliphatic carbocycles. The minimum atomic E-state index is -0.148. The van der Waals surface area contributed by atoms with Crippen LogP contribution in [0.5, 0.6) is 0 Å². The fraction of sp³-hybridized carbons (Fsp3) is 0.611. The number of benzene rings is 1. The van der Waals surface area contributed by atoms with Crippen molar-refractivity contribution < 1.29 is 19.0 Å². The Morgan fingerprint density at radius 1 is 1.09 bits per heavy atom. The number of methoxy groups -OCH3 is 1. The molecule has 0 saturated heterocycles. The SMILES string of the molecule is CCC(CC(C)C(=O)OCCOCCOC)c1ccccc1. The molecule has 1 aromatic rings. The minimum Gasteiger partial charge on any atom is -0.463 e. The second kappa shape index (κ2) is 11.2. The molecular formula is C18H28O4. The number of carbonyl (C=O) groups excluding carboxylic acids is 1. The first kappa shape index (κ1) is 18.7. The summed E-state index contributed by atoms with van der Waals surface area (Å²) in [7, 11) is 1.63. The summed E-state index contributed by atoms with van der Waals surface area (Å²) in [6.45, 7) is 5.88. The van der Waals surface area contributed by atoms with Crippen molar-refractivity contribution in [1.82, 2.24) is 0 Å². The van der Waals surface area contributed by atoms with Crippen LogP contribution in [0.4, 0.5) is 0 Å². The van der Waals surface area contributed by atoms with E-state index in [0.717, 1.165) is 12.8 Å². The summed E-state index contributed by atoms with van der Waals surface area (Å²) in [6.07, 6.45) is 1.83. The molecule has 0 saturated carbocycles. The Morgan fingerprint density at radius 3 is 2.41 bits per heavy atom. The van der Waals surface area contributed by atoms with Gasteiger partial charge in [-0.15, -0.1) is 0 Å². The first-order valence-electron chi connectivity index (χ1n) is 7.97. The standard InChI is InChI=1S/C18H28O4/c1-4-16(17-8-6-5-7-9-17)14-15(2)18(19)22-13-12-21-11-10-20-3/h5-9,15-16H,4,10-14H2,1-3H3. The summed E-state index contributed by atoms with van der Waals surface area (Å²) < 4.78 is 15.4. The van der Waals surface area contributed by atoms with Crippen LogP contribution in [0.15, 0.2) is 30.3 Å². The Balaban J connectivity index is 2.30. The smallest absolute Gasteiger partial charge is 0.308 e. The van der Waals surface area contributed by atoms with Gasteiger partial charge in [0.2, 0.25) is 0 Å². The monoisotopic (exact) mass is 308 g/mol. The molecule has 0 heterocycles. The Morgan fingerprint density at radius 2 is 1.77 bits per heavy atom. The van der Waals surface area contributed by atoms with Crippen molar-refractivity contribution in [2.24, 2.45) is 5.92 Å². The quantitative estimate of drug-likeness (QED) is 0.464. The molecule has 0 amide bonds. The van der Waals surface area contributed by atoms with E-state index >= 15 is 0 Å². The van der Waals surface area contributed by atoms with Crippen LogP contribution in [-0.4, -0.2) is 39.5 Å². The van der Waals surface area contributed by atoms with Gasteiger partial charge in [-0.25, -0.2) is 0 Å².